The molecule has 0 spiro atoms. The second-order valence-corrected chi connectivity index (χ2v) is 5.89. The van der Waals surface area contributed by atoms with Crippen LogP contribution in [-0.2, 0) is 6.42 Å². The van der Waals surface area contributed by atoms with Gasteiger partial charge >= 0.3 is 0 Å². The molecule has 0 saturated heterocycles. The molecule has 2 aromatic rings. The van der Waals surface area contributed by atoms with Crippen LogP contribution in [0.25, 0.3) is 0 Å². The van der Waals surface area contributed by atoms with Crippen molar-refractivity contribution in [2.75, 3.05) is 0 Å². The molecule has 1 saturated carbocycles. The maximum absolute atomic E-state index is 9.29. The van der Waals surface area contributed by atoms with Gasteiger partial charge in [0, 0.05) is 5.92 Å². The highest BCUT2D eigenvalue weighted by Gasteiger charge is 2.21. The molecule has 0 radical (unpaired) electrons. The first kappa shape index (κ1) is 14.1. The van der Waals surface area contributed by atoms with E-state index in [0.717, 1.165) is 11.4 Å². The number of nitrogens with two attached hydrogens (primary N) is 1. The number of hydrogen-bond acceptors (Lipinski definition) is 4. The van der Waals surface area contributed by atoms with E-state index in [2.05, 4.69) is 15.2 Å². The topological polar surface area (TPSA) is 87.8 Å². The van der Waals surface area contributed by atoms with Crippen LogP contribution in [0.2, 0.25) is 0 Å². The molecule has 1 heterocycles. The fraction of sp³-hybridized carbons (Fsp3) is 0.500. The molecule has 1 atom stereocenters. The van der Waals surface area contributed by atoms with E-state index >= 15 is 0 Å². The van der Waals surface area contributed by atoms with Crippen LogP contribution in [0, 0.1) is 0 Å². The van der Waals surface area contributed by atoms with E-state index in [0.29, 0.717) is 18.2 Å². The lowest BCUT2D eigenvalue weighted by molar-refractivity contribution is 0.429. The zero-order valence-electron chi connectivity index (χ0n) is 12.1. The smallest absolute Gasteiger partial charge is 0.167 e. The molecule has 21 heavy (non-hydrogen) atoms. The molecule has 1 aromatic heterocycles. The van der Waals surface area contributed by atoms with Crippen molar-refractivity contribution in [2.24, 2.45) is 5.73 Å². The quantitative estimate of drug-likeness (QED) is 0.806. The first-order valence-corrected chi connectivity index (χ1v) is 7.68. The minimum Gasteiger partial charge on any atom is -0.508 e. The van der Waals surface area contributed by atoms with Gasteiger partial charge in [0.25, 0.3) is 0 Å². The van der Waals surface area contributed by atoms with Crippen LogP contribution in [0.1, 0.15) is 61.3 Å². The number of nitrogens with zero attached hydrogens (tertiary/aromatic N) is 2. The van der Waals surface area contributed by atoms with E-state index in [1.54, 1.807) is 12.1 Å². The van der Waals surface area contributed by atoms with Crippen molar-refractivity contribution < 1.29 is 5.11 Å². The summed E-state index contributed by atoms with van der Waals surface area (Å²) in [5.41, 5.74) is 7.27. The molecule has 0 unspecified atom stereocenters. The van der Waals surface area contributed by atoms with Crippen molar-refractivity contribution >= 4 is 0 Å². The summed E-state index contributed by atoms with van der Waals surface area (Å²) in [6.45, 7) is 0. The van der Waals surface area contributed by atoms with Crippen molar-refractivity contribution in [1.82, 2.24) is 15.2 Å². The molecule has 1 aliphatic carbocycles. The van der Waals surface area contributed by atoms with Gasteiger partial charge in [0.15, 0.2) is 5.82 Å². The van der Waals surface area contributed by atoms with Gasteiger partial charge in [-0.2, -0.15) is 5.10 Å². The number of rotatable bonds is 4. The van der Waals surface area contributed by atoms with Gasteiger partial charge in [0.05, 0.1) is 6.04 Å². The van der Waals surface area contributed by atoms with Crippen LogP contribution < -0.4 is 5.73 Å². The fourth-order valence-electron chi connectivity index (χ4n) is 2.99. The summed E-state index contributed by atoms with van der Waals surface area (Å²) < 4.78 is 0. The highest BCUT2D eigenvalue weighted by molar-refractivity contribution is 5.26. The zero-order valence-corrected chi connectivity index (χ0v) is 12.1. The Labute approximate surface area is 124 Å². The number of H-pyrrole nitrogens is 1. The predicted molar refractivity (Wildman–Crippen MR) is 80.9 cm³/mol. The second kappa shape index (κ2) is 6.26. The van der Waals surface area contributed by atoms with E-state index in [9.17, 15) is 5.11 Å². The number of aromatic hydroxyl groups is 1. The molecule has 1 aromatic carbocycles. The molecular formula is C16H22N4O. The zero-order chi connectivity index (χ0) is 14.7. The number of hydrogen-bond donors (Lipinski definition) is 3. The lowest BCUT2D eigenvalue weighted by Gasteiger charge is -2.18. The molecule has 5 heteroatoms. The van der Waals surface area contributed by atoms with Crippen LogP contribution in [0.5, 0.6) is 5.75 Å². The lowest BCUT2D eigenvalue weighted by atomic mass is 9.89. The van der Waals surface area contributed by atoms with Crippen LogP contribution in [0.15, 0.2) is 24.3 Å². The van der Waals surface area contributed by atoms with Gasteiger partial charge < -0.3 is 10.8 Å². The molecule has 4 N–H and O–H groups in total. The standard InChI is InChI=1S/C16H22N4O/c17-14(10-11-6-8-13(21)9-7-11)16-18-15(19-20-16)12-4-2-1-3-5-12/h6-9,12,14,21H,1-5,10,17H2,(H,18,19,20)/t14-/m1/s1. The number of aromatic amines is 1. The Morgan fingerprint density at radius 2 is 1.90 bits per heavy atom. The van der Waals surface area contributed by atoms with Gasteiger partial charge in [0.1, 0.15) is 11.6 Å². The summed E-state index contributed by atoms with van der Waals surface area (Å²) in [5.74, 6) is 2.46. The van der Waals surface area contributed by atoms with E-state index in [1.807, 2.05) is 12.1 Å². The van der Waals surface area contributed by atoms with Crippen LogP contribution in [0.3, 0.4) is 0 Å². The maximum Gasteiger partial charge on any atom is 0.167 e. The Bertz CT molecular complexity index is 572. The van der Waals surface area contributed by atoms with Gasteiger partial charge in [-0.15, -0.1) is 0 Å². The third-order valence-electron chi connectivity index (χ3n) is 4.24. The lowest BCUT2D eigenvalue weighted by Crippen LogP contribution is -2.15. The van der Waals surface area contributed by atoms with E-state index in [-0.39, 0.29) is 11.8 Å². The van der Waals surface area contributed by atoms with E-state index in [4.69, 9.17) is 5.73 Å². The first-order chi connectivity index (χ1) is 10.2. The fourth-order valence-corrected chi connectivity index (χ4v) is 2.99. The largest absolute Gasteiger partial charge is 0.508 e. The average Bonchev–Trinajstić information content (AvgIpc) is 3.00. The molecular weight excluding hydrogens is 264 g/mol. The van der Waals surface area contributed by atoms with Gasteiger partial charge in [-0.25, -0.2) is 4.98 Å². The monoisotopic (exact) mass is 286 g/mol. The minimum absolute atomic E-state index is 0.219. The minimum atomic E-state index is -0.219. The Morgan fingerprint density at radius 1 is 1.19 bits per heavy atom. The molecule has 112 valence electrons. The van der Waals surface area contributed by atoms with E-state index < -0.39 is 0 Å². The molecule has 0 amide bonds. The van der Waals surface area contributed by atoms with Crippen LogP contribution in [-0.4, -0.2) is 20.3 Å². The Balaban J connectivity index is 1.65. The summed E-state index contributed by atoms with van der Waals surface area (Å²) in [7, 11) is 0. The highest BCUT2D eigenvalue weighted by atomic mass is 16.3. The normalized spacial score (nSPS) is 17.8. The number of phenolic OH excluding ortho intramolecular Hbond substituents is 1. The molecule has 5 nitrogen and oxygen atoms in total. The summed E-state index contributed by atoms with van der Waals surface area (Å²) in [5, 5.41) is 16.7. The number of benzene rings is 1. The second-order valence-electron chi connectivity index (χ2n) is 5.89. The third kappa shape index (κ3) is 3.42. The summed E-state index contributed by atoms with van der Waals surface area (Å²) >= 11 is 0. The predicted octanol–water partition coefficient (Wildman–Crippen LogP) is 2.80. The van der Waals surface area contributed by atoms with Crippen LogP contribution >= 0.6 is 0 Å². The molecule has 1 fully saturated rings. The molecule has 1 aliphatic rings. The summed E-state index contributed by atoms with van der Waals surface area (Å²) in [6, 6.07) is 6.89. The number of nitrogens with one attached hydrogen (secondary N) is 1. The molecule has 0 aliphatic heterocycles. The molecule has 0 bridgehead atoms. The third-order valence-corrected chi connectivity index (χ3v) is 4.24. The summed E-state index contributed by atoms with van der Waals surface area (Å²) in [4.78, 5) is 4.61. The van der Waals surface area contributed by atoms with Crippen molar-refractivity contribution in [1.29, 1.82) is 0 Å². The Morgan fingerprint density at radius 3 is 2.62 bits per heavy atom. The van der Waals surface area contributed by atoms with Gasteiger partial charge in [-0.05, 0) is 37.0 Å². The Hall–Kier alpha value is -1.88. The Kier molecular flexibility index (Phi) is 4.20. The number of aromatic nitrogens is 3. The van der Waals surface area contributed by atoms with Gasteiger partial charge in [-0.1, -0.05) is 31.4 Å². The van der Waals surface area contributed by atoms with Crippen molar-refractivity contribution in [3.8, 4) is 5.75 Å². The van der Waals surface area contributed by atoms with Gasteiger partial charge in [0.2, 0.25) is 0 Å². The molecule has 3 rings (SSSR count). The first-order valence-electron chi connectivity index (χ1n) is 7.68. The van der Waals surface area contributed by atoms with Crippen molar-refractivity contribution in [3.05, 3.63) is 41.5 Å². The van der Waals surface area contributed by atoms with Crippen molar-refractivity contribution in [2.45, 2.75) is 50.5 Å². The highest BCUT2D eigenvalue weighted by Crippen LogP contribution is 2.30. The number of phenols is 1. The average molecular weight is 286 g/mol. The maximum atomic E-state index is 9.29. The van der Waals surface area contributed by atoms with Gasteiger partial charge in [-0.3, -0.25) is 5.10 Å². The van der Waals surface area contributed by atoms with Crippen molar-refractivity contribution in [3.63, 3.8) is 0 Å². The SMILES string of the molecule is N[C@H](Cc1ccc(O)cc1)c1n[nH]c(C2CCCCC2)n1. The van der Waals surface area contributed by atoms with Crippen LogP contribution in [0.4, 0.5) is 0 Å². The van der Waals surface area contributed by atoms with E-state index in [1.165, 1.54) is 32.1 Å². The summed E-state index contributed by atoms with van der Waals surface area (Å²) in [6.07, 6.45) is 6.95.